The highest BCUT2D eigenvalue weighted by Crippen LogP contribution is 2.38. The van der Waals surface area contributed by atoms with E-state index < -0.39 is 7.82 Å². The number of hydrogen-bond acceptors (Lipinski definition) is 5. The van der Waals surface area contributed by atoms with Gasteiger partial charge in [-0.25, -0.2) is 0 Å². The van der Waals surface area contributed by atoms with Gasteiger partial charge in [0, 0.05) is 0 Å². The minimum Gasteiger partial charge on any atom is -0.870 e. The number of rotatable bonds is 44. The molecule has 0 heterocycles. The van der Waals surface area contributed by atoms with Crippen LogP contribution in [0.2, 0.25) is 0 Å². The maximum Gasteiger partial charge on any atom is 0.267 e. The zero-order valence-corrected chi connectivity index (χ0v) is 44.0. The molecule has 0 aliphatic rings. The van der Waals surface area contributed by atoms with E-state index in [1.54, 1.807) is 0 Å². The first kappa shape index (κ1) is 66.6. The molecule has 0 atom stereocenters. The van der Waals surface area contributed by atoms with E-state index in [-0.39, 0.29) is 18.7 Å². The number of phosphoric acid groups is 1. The smallest absolute Gasteiger partial charge is 0.267 e. The Kier molecular flexibility index (Phi) is 57.3. The second-order valence-corrected chi connectivity index (χ2v) is 19.3. The number of unbranched alkanes of at least 4 members (excludes halogenated alkanes) is 30. The third kappa shape index (κ3) is 46.0. The van der Waals surface area contributed by atoms with Gasteiger partial charge in [-0.15, -0.1) is 0 Å². The van der Waals surface area contributed by atoms with Gasteiger partial charge in [-0.05, 0) is 68.2 Å². The SMILES string of the molecule is CCCCCCCCCCCCCCCCCCOP(=O)([O-])OCCCCCCCCCCCCCCCCCC.CC[N+](CC)(CC)CC.CC[N+](CC)(CC)CC.[OH-]. The van der Waals surface area contributed by atoms with Crippen LogP contribution in [-0.2, 0) is 13.6 Å². The maximum atomic E-state index is 11.9. The lowest BCUT2D eigenvalue weighted by atomic mass is 10.0. The molecule has 0 unspecified atom stereocenters. The monoisotopic (exact) mass is 879 g/mol. The lowest BCUT2D eigenvalue weighted by Crippen LogP contribution is -2.47. The summed E-state index contributed by atoms with van der Waals surface area (Å²) in [5.41, 5.74) is 0. The molecule has 8 heteroatoms. The van der Waals surface area contributed by atoms with Crippen LogP contribution in [0.1, 0.15) is 275 Å². The first-order valence-corrected chi connectivity index (χ1v) is 28.4. The normalized spacial score (nSPS) is 11.8. The molecule has 0 aliphatic carbocycles. The van der Waals surface area contributed by atoms with Crippen LogP contribution in [0.3, 0.4) is 0 Å². The fraction of sp³-hybridized carbons (Fsp3) is 1.00. The van der Waals surface area contributed by atoms with Crippen molar-refractivity contribution in [1.82, 2.24) is 0 Å². The van der Waals surface area contributed by atoms with Crippen molar-refractivity contribution in [3.8, 4) is 0 Å². The highest BCUT2D eigenvalue weighted by atomic mass is 31.2. The molecule has 0 saturated carbocycles. The first-order valence-electron chi connectivity index (χ1n) is 26.9. The molecule has 1 N–H and O–H groups in total. The third-order valence-electron chi connectivity index (χ3n) is 13.9. The van der Waals surface area contributed by atoms with E-state index in [9.17, 15) is 9.46 Å². The molecule has 0 aromatic heterocycles. The minimum atomic E-state index is -4.12. The van der Waals surface area contributed by atoms with E-state index in [1.807, 2.05) is 0 Å². The molecular weight excluding hydrogens is 764 g/mol. The van der Waals surface area contributed by atoms with Gasteiger partial charge < -0.3 is 28.4 Å². The average molecular weight is 879 g/mol. The van der Waals surface area contributed by atoms with E-state index in [0.717, 1.165) is 25.7 Å². The lowest BCUT2D eigenvalue weighted by Gasteiger charge is -2.34. The molecule has 0 spiro atoms. The average Bonchev–Trinajstić information content (AvgIpc) is 3.25. The summed E-state index contributed by atoms with van der Waals surface area (Å²) >= 11 is 0. The van der Waals surface area contributed by atoms with Crippen molar-refractivity contribution >= 4 is 7.82 Å². The van der Waals surface area contributed by atoms with Crippen LogP contribution < -0.4 is 4.89 Å². The highest BCUT2D eigenvalue weighted by molar-refractivity contribution is 7.45. The summed E-state index contributed by atoms with van der Waals surface area (Å²) in [6.07, 6.45) is 41.9. The van der Waals surface area contributed by atoms with Crippen molar-refractivity contribution in [3.05, 3.63) is 0 Å². The van der Waals surface area contributed by atoms with Crippen molar-refractivity contribution < 1.29 is 32.9 Å². The summed E-state index contributed by atoms with van der Waals surface area (Å²) < 4.78 is 24.6. The Hall–Kier alpha value is -0.0100. The van der Waals surface area contributed by atoms with E-state index in [1.165, 1.54) is 241 Å². The van der Waals surface area contributed by atoms with Gasteiger partial charge in [-0.1, -0.05) is 206 Å². The molecule has 0 amide bonds. The molecule has 0 aromatic rings. The predicted octanol–water partition coefficient (Wildman–Crippen LogP) is 16.6. The quantitative estimate of drug-likeness (QED) is 0.0345. The Labute approximate surface area is 379 Å². The summed E-state index contributed by atoms with van der Waals surface area (Å²) in [6.45, 7) is 33.5. The lowest BCUT2D eigenvalue weighted by molar-refractivity contribution is -0.921. The van der Waals surface area contributed by atoms with Gasteiger partial charge in [-0.3, -0.25) is 4.57 Å². The van der Waals surface area contributed by atoms with Crippen molar-refractivity contribution in [1.29, 1.82) is 0 Å². The number of nitrogens with zero attached hydrogens (tertiary/aromatic N) is 2. The maximum absolute atomic E-state index is 11.9. The van der Waals surface area contributed by atoms with Crippen LogP contribution in [-0.4, -0.2) is 80.0 Å². The van der Waals surface area contributed by atoms with Gasteiger partial charge >= 0.3 is 0 Å². The largest absolute Gasteiger partial charge is 0.870 e. The zero-order chi connectivity index (χ0) is 44.6. The van der Waals surface area contributed by atoms with Gasteiger partial charge in [0.15, 0.2) is 0 Å². The van der Waals surface area contributed by atoms with Crippen LogP contribution in [0.25, 0.3) is 0 Å². The molecule has 60 heavy (non-hydrogen) atoms. The fourth-order valence-corrected chi connectivity index (χ4v) is 9.15. The van der Waals surface area contributed by atoms with Crippen LogP contribution in [0.5, 0.6) is 0 Å². The molecule has 0 radical (unpaired) electrons. The minimum absolute atomic E-state index is 0. The Bertz CT molecular complexity index is 727. The Morgan fingerprint density at radius 2 is 0.450 bits per heavy atom. The molecular formula is C52H115N2O5P. The van der Waals surface area contributed by atoms with Gasteiger partial charge in [0.2, 0.25) is 0 Å². The second kappa shape index (κ2) is 51.6. The van der Waals surface area contributed by atoms with E-state index in [4.69, 9.17) is 9.05 Å². The second-order valence-electron chi connectivity index (χ2n) is 17.9. The van der Waals surface area contributed by atoms with E-state index in [0.29, 0.717) is 0 Å². The number of quaternary nitrogens is 2. The van der Waals surface area contributed by atoms with Crippen LogP contribution in [0, 0.1) is 0 Å². The van der Waals surface area contributed by atoms with Gasteiger partial charge in [0.1, 0.15) is 0 Å². The summed E-state index contributed by atoms with van der Waals surface area (Å²) in [7, 11) is -4.12. The zero-order valence-electron chi connectivity index (χ0n) is 43.1. The van der Waals surface area contributed by atoms with Crippen molar-refractivity contribution in [2.75, 3.05) is 65.6 Å². The molecule has 0 aliphatic heterocycles. The molecule has 7 nitrogen and oxygen atoms in total. The standard InChI is InChI=1S/C36H75O4P.2C8H20N.H2O/c1-3-5-7-9-11-13-15-17-19-21-23-25-27-29-31-33-35-39-41(37,38)40-36-34-32-30-28-26-24-22-20-18-16-14-12-10-8-6-4-2;2*1-5-9(6-2,7-3)8-4;/h3-36H2,1-2H3,(H,37,38);2*5-8H2,1-4H3;1H2/q;2*+1;/p-2. The summed E-state index contributed by atoms with van der Waals surface area (Å²) in [4.78, 5) is 11.9. The van der Waals surface area contributed by atoms with Crippen LogP contribution >= 0.6 is 7.82 Å². The Morgan fingerprint density at radius 3 is 0.583 bits per heavy atom. The molecule has 0 saturated heterocycles. The topological polar surface area (TPSA) is 88.6 Å². The van der Waals surface area contributed by atoms with Crippen molar-refractivity contribution in [2.45, 2.75) is 275 Å². The summed E-state index contributed by atoms with van der Waals surface area (Å²) in [5, 5.41) is 0. The van der Waals surface area contributed by atoms with Crippen molar-refractivity contribution in [2.24, 2.45) is 0 Å². The Morgan fingerprint density at radius 1 is 0.300 bits per heavy atom. The van der Waals surface area contributed by atoms with Gasteiger partial charge in [-0.2, -0.15) is 0 Å². The van der Waals surface area contributed by atoms with Crippen molar-refractivity contribution in [3.63, 3.8) is 0 Å². The fourth-order valence-electron chi connectivity index (χ4n) is 8.37. The molecule has 0 bridgehead atoms. The van der Waals surface area contributed by atoms with Gasteiger partial charge in [0.25, 0.3) is 7.82 Å². The highest BCUT2D eigenvalue weighted by Gasteiger charge is 2.17. The summed E-state index contributed by atoms with van der Waals surface area (Å²) in [6, 6.07) is 0. The van der Waals surface area contributed by atoms with Crippen LogP contribution in [0.15, 0.2) is 0 Å². The van der Waals surface area contributed by atoms with Crippen LogP contribution in [0.4, 0.5) is 0 Å². The van der Waals surface area contributed by atoms with Gasteiger partial charge in [0.05, 0.1) is 65.6 Å². The van der Waals surface area contributed by atoms with E-state index in [2.05, 4.69) is 69.2 Å². The molecule has 368 valence electrons. The molecule has 0 rings (SSSR count). The molecule has 0 fully saturated rings. The predicted molar refractivity (Wildman–Crippen MR) is 265 cm³/mol. The summed E-state index contributed by atoms with van der Waals surface area (Å²) in [5.74, 6) is 0. The van der Waals surface area contributed by atoms with E-state index >= 15 is 0 Å². The third-order valence-corrected chi connectivity index (χ3v) is 14.9. The Balaban J connectivity index is -0.000000677. The first-order chi connectivity index (χ1) is 28.6. The molecule has 0 aromatic carbocycles. The number of phosphoric ester groups is 1. The number of hydrogen-bond donors (Lipinski definition) is 0.